The highest BCUT2D eigenvalue weighted by molar-refractivity contribution is 7.88. The molecular weight excluding hydrogens is 324 g/mol. The van der Waals surface area contributed by atoms with Crippen LogP contribution in [0.5, 0.6) is 0 Å². The van der Waals surface area contributed by atoms with Crippen LogP contribution in [0.15, 0.2) is 41.1 Å². The highest BCUT2D eigenvalue weighted by Gasteiger charge is 2.11. The van der Waals surface area contributed by atoms with E-state index in [0.29, 0.717) is 23.5 Å². The zero-order chi connectivity index (χ0) is 15.3. The Morgan fingerprint density at radius 3 is 2.48 bits per heavy atom. The smallest absolute Gasteiger partial charge is 0.215 e. The predicted molar refractivity (Wildman–Crippen MR) is 91.0 cm³/mol. The van der Waals surface area contributed by atoms with Crippen LogP contribution >= 0.6 is 23.6 Å². The van der Waals surface area contributed by atoms with E-state index in [0.717, 1.165) is 11.1 Å². The van der Waals surface area contributed by atoms with Crippen molar-refractivity contribution in [3.8, 4) is 0 Å². The number of hydrogen-bond donors (Lipinski definition) is 2. The Balaban J connectivity index is 1.89. The second-order valence-electron chi connectivity index (χ2n) is 4.60. The maximum Gasteiger partial charge on any atom is 0.215 e. The van der Waals surface area contributed by atoms with Crippen LogP contribution in [0.4, 0.5) is 0 Å². The fourth-order valence-corrected chi connectivity index (χ4v) is 3.81. The van der Waals surface area contributed by atoms with Crippen LogP contribution in [0.2, 0.25) is 0 Å². The van der Waals surface area contributed by atoms with E-state index in [2.05, 4.69) is 4.72 Å². The molecule has 0 spiro atoms. The van der Waals surface area contributed by atoms with Crippen LogP contribution in [-0.4, -0.2) is 20.0 Å². The quantitative estimate of drug-likeness (QED) is 0.757. The van der Waals surface area contributed by atoms with Gasteiger partial charge in [-0.25, -0.2) is 13.1 Å². The van der Waals surface area contributed by atoms with E-state index in [1.807, 2.05) is 16.8 Å². The number of sulfonamides is 1. The number of nitrogens with one attached hydrogen (secondary N) is 1. The monoisotopic (exact) mass is 340 g/mol. The molecule has 0 aliphatic rings. The van der Waals surface area contributed by atoms with Crippen LogP contribution in [0.1, 0.15) is 16.7 Å². The number of thiophene rings is 1. The van der Waals surface area contributed by atoms with E-state index in [-0.39, 0.29) is 5.75 Å². The van der Waals surface area contributed by atoms with Gasteiger partial charge in [-0.05, 0) is 34.4 Å². The second kappa shape index (κ2) is 7.13. The molecule has 0 unspecified atom stereocenters. The van der Waals surface area contributed by atoms with Gasteiger partial charge in [0.25, 0.3) is 0 Å². The highest BCUT2D eigenvalue weighted by Crippen LogP contribution is 2.09. The molecule has 7 heteroatoms. The molecule has 0 bridgehead atoms. The Bertz CT molecular complexity index is 692. The second-order valence-corrected chi connectivity index (χ2v) is 7.62. The molecular formula is C14H16N2O2S3. The summed E-state index contributed by atoms with van der Waals surface area (Å²) in [5.41, 5.74) is 8.09. The molecule has 0 radical (unpaired) electrons. The molecule has 0 aliphatic heterocycles. The summed E-state index contributed by atoms with van der Waals surface area (Å²) >= 11 is 6.47. The van der Waals surface area contributed by atoms with Gasteiger partial charge in [-0.2, -0.15) is 11.3 Å². The Morgan fingerprint density at radius 2 is 1.90 bits per heavy atom. The van der Waals surface area contributed by atoms with Gasteiger partial charge in [0.1, 0.15) is 4.99 Å². The van der Waals surface area contributed by atoms with Gasteiger partial charge < -0.3 is 5.73 Å². The average Bonchev–Trinajstić information content (AvgIpc) is 2.91. The fraction of sp³-hybridized carbons (Fsp3) is 0.214. The summed E-state index contributed by atoms with van der Waals surface area (Å²) in [7, 11) is -3.33. The van der Waals surface area contributed by atoms with Crippen molar-refractivity contribution < 1.29 is 8.42 Å². The molecule has 1 heterocycles. The predicted octanol–water partition coefficient (Wildman–Crippen LogP) is 2.04. The summed E-state index contributed by atoms with van der Waals surface area (Å²) in [6.45, 7) is 0.407. The minimum absolute atomic E-state index is 0.0474. The summed E-state index contributed by atoms with van der Waals surface area (Å²) in [6, 6.07) is 8.92. The molecule has 2 aromatic rings. The van der Waals surface area contributed by atoms with Gasteiger partial charge in [0.05, 0.1) is 5.75 Å². The number of thiocarbonyl (C=S) groups is 1. The molecule has 2 rings (SSSR count). The lowest BCUT2D eigenvalue weighted by Gasteiger charge is -2.07. The minimum atomic E-state index is -3.33. The Hall–Kier alpha value is -1.28. The van der Waals surface area contributed by atoms with Crippen molar-refractivity contribution in [1.29, 1.82) is 0 Å². The maximum atomic E-state index is 12.0. The van der Waals surface area contributed by atoms with E-state index in [1.54, 1.807) is 35.6 Å². The fourth-order valence-electron chi connectivity index (χ4n) is 1.82. The molecule has 112 valence electrons. The lowest BCUT2D eigenvalue weighted by Crippen LogP contribution is -2.27. The minimum Gasteiger partial charge on any atom is -0.389 e. The molecule has 0 aliphatic carbocycles. The number of hydrogen-bond acceptors (Lipinski definition) is 4. The Kier molecular flexibility index (Phi) is 5.46. The molecule has 0 amide bonds. The molecule has 0 saturated carbocycles. The SMILES string of the molecule is NC(=S)c1ccc(CS(=O)(=O)NCCc2ccsc2)cc1. The van der Waals surface area contributed by atoms with Gasteiger partial charge in [0.15, 0.2) is 0 Å². The van der Waals surface area contributed by atoms with Crippen LogP contribution in [0.25, 0.3) is 0 Å². The van der Waals surface area contributed by atoms with E-state index in [9.17, 15) is 8.42 Å². The van der Waals surface area contributed by atoms with E-state index in [4.69, 9.17) is 18.0 Å². The standard InChI is InChI=1S/C14H16N2O2S3/c15-14(19)13-3-1-12(2-4-13)10-21(17,18)16-7-5-11-6-8-20-9-11/h1-4,6,8-9,16H,5,7,10H2,(H2,15,19). The lowest BCUT2D eigenvalue weighted by molar-refractivity contribution is 0.581. The van der Waals surface area contributed by atoms with Crippen molar-refractivity contribution in [2.75, 3.05) is 6.54 Å². The first kappa shape index (κ1) is 16.1. The normalized spacial score (nSPS) is 11.4. The Labute approximate surface area is 134 Å². The summed E-state index contributed by atoms with van der Waals surface area (Å²) in [5, 5.41) is 4.00. The van der Waals surface area contributed by atoms with Crippen LogP contribution < -0.4 is 10.5 Å². The van der Waals surface area contributed by atoms with Crippen molar-refractivity contribution in [1.82, 2.24) is 4.72 Å². The third-order valence-electron chi connectivity index (χ3n) is 2.91. The van der Waals surface area contributed by atoms with E-state index < -0.39 is 10.0 Å². The third kappa shape index (κ3) is 5.20. The first-order valence-corrected chi connectivity index (χ1v) is 9.34. The van der Waals surface area contributed by atoms with Crippen LogP contribution in [-0.2, 0) is 22.2 Å². The van der Waals surface area contributed by atoms with Gasteiger partial charge in [-0.3, -0.25) is 0 Å². The molecule has 1 aromatic heterocycles. The van der Waals surface area contributed by atoms with Gasteiger partial charge in [0.2, 0.25) is 10.0 Å². The first-order chi connectivity index (χ1) is 9.96. The van der Waals surface area contributed by atoms with E-state index in [1.165, 1.54) is 0 Å². The topological polar surface area (TPSA) is 72.2 Å². The molecule has 3 N–H and O–H groups in total. The van der Waals surface area contributed by atoms with Gasteiger partial charge in [-0.1, -0.05) is 36.5 Å². The van der Waals surface area contributed by atoms with Crippen molar-refractivity contribution in [3.63, 3.8) is 0 Å². The van der Waals surface area contributed by atoms with Crippen molar-refractivity contribution >= 4 is 38.6 Å². The van der Waals surface area contributed by atoms with Crippen LogP contribution in [0, 0.1) is 0 Å². The summed E-state index contributed by atoms with van der Waals surface area (Å²) in [5.74, 6) is -0.0474. The zero-order valence-corrected chi connectivity index (χ0v) is 13.7. The average molecular weight is 340 g/mol. The van der Waals surface area contributed by atoms with Gasteiger partial charge in [-0.15, -0.1) is 0 Å². The summed E-state index contributed by atoms with van der Waals surface area (Å²) < 4.78 is 26.6. The first-order valence-electron chi connectivity index (χ1n) is 6.33. The molecule has 1 aromatic carbocycles. The molecule has 4 nitrogen and oxygen atoms in total. The summed E-state index contributed by atoms with van der Waals surface area (Å²) in [4.78, 5) is 0.304. The number of benzene rings is 1. The van der Waals surface area contributed by atoms with E-state index >= 15 is 0 Å². The van der Waals surface area contributed by atoms with Gasteiger partial charge >= 0.3 is 0 Å². The lowest BCUT2D eigenvalue weighted by atomic mass is 10.1. The molecule has 21 heavy (non-hydrogen) atoms. The Morgan fingerprint density at radius 1 is 1.19 bits per heavy atom. The van der Waals surface area contributed by atoms with Crippen molar-refractivity contribution in [2.45, 2.75) is 12.2 Å². The van der Waals surface area contributed by atoms with Crippen molar-refractivity contribution in [2.24, 2.45) is 5.73 Å². The maximum absolute atomic E-state index is 12.0. The summed E-state index contributed by atoms with van der Waals surface area (Å²) in [6.07, 6.45) is 0.698. The highest BCUT2D eigenvalue weighted by atomic mass is 32.2. The van der Waals surface area contributed by atoms with Crippen LogP contribution in [0.3, 0.4) is 0 Å². The van der Waals surface area contributed by atoms with Crippen molar-refractivity contribution in [3.05, 3.63) is 57.8 Å². The number of rotatable bonds is 7. The molecule has 0 fully saturated rings. The number of nitrogens with two attached hydrogens (primary N) is 1. The molecule has 0 saturated heterocycles. The largest absolute Gasteiger partial charge is 0.389 e. The zero-order valence-electron chi connectivity index (χ0n) is 11.3. The van der Waals surface area contributed by atoms with Gasteiger partial charge in [0, 0.05) is 12.1 Å². The third-order valence-corrected chi connectivity index (χ3v) is 5.24. The molecule has 0 atom stereocenters.